The van der Waals surface area contributed by atoms with E-state index in [2.05, 4.69) is 11.9 Å². The average molecular weight is 405 g/mol. The summed E-state index contributed by atoms with van der Waals surface area (Å²) in [6.07, 6.45) is 2.28. The van der Waals surface area contributed by atoms with E-state index in [1.165, 1.54) is 6.08 Å². The Labute approximate surface area is 177 Å². The molecule has 5 heteroatoms. The van der Waals surface area contributed by atoms with Gasteiger partial charge in [0.2, 0.25) is 0 Å². The van der Waals surface area contributed by atoms with Gasteiger partial charge in [-0.15, -0.1) is 6.58 Å². The number of aliphatic hydroxyl groups is 2. The van der Waals surface area contributed by atoms with Crippen molar-refractivity contribution >= 4 is 17.1 Å². The van der Waals surface area contributed by atoms with Crippen LogP contribution in [0.4, 0.5) is 17.1 Å². The number of anilines is 3. The molecule has 0 heterocycles. The molecule has 3 aromatic rings. The highest BCUT2D eigenvalue weighted by atomic mass is 16.5. The summed E-state index contributed by atoms with van der Waals surface area (Å²) in [5.74, 6) is -0.953. The Morgan fingerprint density at radius 2 is 1.67 bits per heavy atom. The molecule has 0 aliphatic rings. The summed E-state index contributed by atoms with van der Waals surface area (Å²) in [5.41, 5.74) is 10.5. The van der Waals surface area contributed by atoms with Gasteiger partial charge in [0.25, 0.3) is 0 Å². The van der Waals surface area contributed by atoms with E-state index in [1.807, 2.05) is 72.8 Å². The van der Waals surface area contributed by atoms with Crippen LogP contribution in [0.1, 0.15) is 24.0 Å². The van der Waals surface area contributed by atoms with Crippen molar-refractivity contribution in [2.24, 2.45) is 0 Å². The van der Waals surface area contributed by atoms with Crippen molar-refractivity contribution in [3.05, 3.63) is 96.6 Å². The van der Waals surface area contributed by atoms with E-state index >= 15 is 0 Å². The van der Waals surface area contributed by atoms with E-state index in [9.17, 15) is 10.2 Å². The summed E-state index contributed by atoms with van der Waals surface area (Å²) >= 11 is 0. The molecule has 0 saturated carbocycles. The monoisotopic (exact) mass is 404 g/mol. The summed E-state index contributed by atoms with van der Waals surface area (Å²) in [6.45, 7) is 4.07. The number of hydrogen-bond donors (Lipinski definition) is 4. The lowest BCUT2D eigenvalue weighted by molar-refractivity contribution is -0.161. The summed E-state index contributed by atoms with van der Waals surface area (Å²) in [4.78, 5) is 0. The molecule has 0 radical (unpaired) electrons. The van der Waals surface area contributed by atoms with Gasteiger partial charge < -0.3 is 26.0 Å². The Morgan fingerprint density at radius 1 is 0.967 bits per heavy atom. The van der Waals surface area contributed by atoms with Gasteiger partial charge in [-0.25, -0.2) is 0 Å². The number of ether oxygens (including phenoxy) is 1. The van der Waals surface area contributed by atoms with E-state index in [-0.39, 0.29) is 12.8 Å². The van der Waals surface area contributed by atoms with Crippen molar-refractivity contribution in [3.8, 4) is 5.75 Å². The van der Waals surface area contributed by atoms with E-state index in [0.717, 1.165) is 28.3 Å². The molecule has 0 atom stereocenters. The molecule has 0 unspecified atom stereocenters. The predicted octanol–water partition coefficient (Wildman–Crippen LogP) is 4.78. The Bertz CT molecular complexity index is 954. The maximum atomic E-state index is 9.86. The third kappa shape index (κ3) is 6.37. The molecule has 0 aliphatic heterocycles. The maximum Gasteiger partial charge on any atom is 0.166 e. The molecule has 3 rings (SSSR count). The summed E-state index contributed by atoms with van der Waals surface area (Å²) < 4.78 is 5.81. The predicted molar refractivity (Wildman–Crippen MR) is 122 cm³/mol. The van der Waals surface area contributed by atoms with Crippen LogP contribution in [0.2, 0.25) is 0 Å². The summed E-state index contributed by atoms with van der Waals surface area (Å²) in [6, 6.07) is 23.5. The van der Waals surface area contributed by atoms with E-state index in [0.29, 0.717) is 18.7 Å². The van der Waals surface area contributed by atoms with Gasteiger partial charge in [-0.1, -0.05) is 42.5 Å². The summed E-state index contributed by atoms with van der Waals surface area (Å²) in [5, 5.41) is 23.0. The smallest absolute Gasteiger partial charge is 0.166 e. The molecule has 30 heavy (non-hydrogen) atoms. The van der Waals surface area contributed by atoms with Crippen LogP contribution in [0.5, 0.6) is 5.75 Å². The number of benzene rings is 3. The van der Waals surface area contributed by atoms with Crippen molar-refractivity contribution in [3.63, 3.8) is 0 Å². The summed E-state index contributed by atoms with van der Waals surface area (Å²) in [7, 11) is 0. The first-order valence-electron chi connectivity index (χ1n) is 9.93. The van der Waals surface area contributed by atoms with Crippen LogP contribution in [0, 0.1) is 0 Å². The zero-order valence-corrected chi connectivity index (χ0v) is 16.9. The second-order valence-corrected chi connectivity index (χ2v) is 7.31. The fourth-order valence-electron chi connectivity index (χ4n) is 3.11. The Kier molecular flexibility index (Phi) is 7.12. The Hall–Kier alpha value is -3.28. The Balaban J connectivity index is 1.55. The molecule has 0 amide bonds. The van der Waals surface area contributed by atoms with Crippen LogP contribution in [-0.4, -0.2) is 16.0 Å². The highest BCUT2D eigenvalue weighted by Gasteiger charge is 2.21. The molecule has 5 N–H and O–H groups in total. The van der Waals surface area contributed by atoms with Crippen molar-refractivity contribution in [2.75, 3.05) is 11.1 Å². The minimum absolute atomic E-state index is 0.123. The van der Waals surface area contributed by atoms with Crippen LogP contribution >= 0.6 is 0 Å². The number of aryl methyl sites for hydroxylation is 1. The van der Waals surface area contributed by atoms with Gasteiger partial charge in [-0.2, -0.15) is 0 Å². The van der Waals surface area contributed by atoms with Crippen molar-refractivity contribution in [2.45, 2.75) is 31.7 Å². The average Bonchev–Trinajstić information content (AvgIpc) is 2.73. The van der Waals surface area contributed by atoms with Crippen molar-refractivity contribution < 1.29 is 14.9 Å². The van der Waals surface area contributed by atoms with Crippen LogP contribution in [0.15, 0.2) is 85.5 Å². The number of nitrogen functional groups attached to an aromatic ring is 1. The van der Waals surface area contributed by atoms with Crippen LogP contribution in [-0.2, 0) is 13.0 Å². The fourth-order valence-corrected chi connectivity index (χ4v) is 3.11. The third-order valence-electron chi connectivity index (χ3n) is 4.80. The van der Waals surface area contributed by atoms with E-state index < -0.39 is 5.79 Å². The lowest BCUT2D eigenvalue weighted by Gasteiger charge is -2.20. The van der Waals surface area contributed by atoms with E-state index in [1.54, 1.807) is 0 Å². The molecular weight excluding hydrogens is 376 g/mol. The number of hydrogen-bond acceptors (Lipinski definition) is 5. The van der Waals surface area contributed by atoms with E-state index in [4.69, 9.17) is 10.5 Å². The van der Waals surface area contributed by atoms with Gasteiger partial charge in [-0.3, -0.25) is 0 Å². The minimum atomic E-state index is -1.75. The molecule has 0 fully saturated rings. The third-order valence-corrected chi connectivity index (χ3v) is 4.80. The van der Waals surface area contributed by atoms with Gasteiger partial charge in [-0.05, 0) is 53.9 Å². The fraction of sp³-hybridized carbons (Fsp3) is 0.200. The quantitative estimate of drug-likeness (QED) is 0.222. The lowest BCUT2D eigenvalue weighted by atomic mass is 10.0. The van der Waals surface area contributed by atoms with Gasteiger partial charge in [0.15, 0.2) is 5.79 Å². The normalized spacial score (nSPS) is 11.1. The molecular formula is C25H28N2O3. The standard InChI is InChI=1S/C25H28N2O3/c1-2-15-25(28,29)16-14-20-8-9-22(17-24(20)26)27-21-10-12-23(13-11-21)30-18-19-6-4-3-5-7-19/h2-13,17,27-29H,1,14-16,18,26H2. The molecule has 3 aromatic carbocycles. The molecule has 156 valence electrons. The molecule has 0 spiro atoms. The molecule has 0 bridgehead atoms. The number of nitrogens with one attached hydrogen (secondary N) is 1. The molecule has 0 aromatic heterocycles. The zero-order valence-electron chi connectivity index (χ0n) is 16.9. The zero-order chi connectivity index (χ0) is 21.4. The van der Waals surface area contributed by atoms with Gasteiger partial charge in [0, 0.05) is 29.9 Å². The minimum Gasteiger partial charge on any atom is -0.489 e. The number of nitrogens with two attached hydrogens (primary N) is 1. The molecule has 5 nitrogen and oxygen atoms in total. The highest BCUT2D eigenvalue weighted by Crippen LogP contribution is 2.26. The molecule has 0 aliphatic carbocycles. The van der Waals surface area contributed by atoms with Crippen LogP contribution < -0.4 is 15.8 Å². The van der Waals surface area contributed by atoms with Crippen molar-refractivity contribution in [1.82, 2.24) is 0 Å². The van der Waals surface area contributed by atoms with Crippen LogP contribution in [0.25, 0.3) is 0 Å². The topological polar surface area (TPSA) is 87.7 Å². The van der Waals surface area contributed by atoms with Crippen molar-refractivity contribution in [1.29, 1.82) is 0 Å². The highest BCUT2D eigenvalue weighted by molar-refractivity contribution is 5.66. The van der Waals surface area contributed by atoms with Gasteiger partial charge in [0.1, 0.15) is 12.4 Å². The molecule has 0 saturated heterocycles. The lowest BCUT2D eigenvalue weighted by Crippen LogP contribution is -2.27. The SMILES string of the molecule is C=CCC(O)(O)CCc1ccc(Nc2ccc(OCc3ccccc3)cc2)cc1N. The Morgan fingerprint density at radius 3 is 2.33 bits per heavy atom. The largest absolute Gasteiger partial charge is 0.489 e. The van der Waals surface area contributed by atoms with Gasteiger partial charge >= 0.3 is 0 Å². The van der Waals surface area contributed by atoms with Crippen LogP contribution in [0.3, 0.4) is 0 Å². The first kappa shape index (κ1) is 21.4. The first-order chi connectivity index (χ1) is 14.4. The number of rotatable bonds is 10. The second kappa shape index (κ2) is 9.96. The first-order valence-corrected chi connectivity index (χ1v) is 9.93. The van der Waals surface area contributed by atoms with Gasteiger partial charge in [0.05, 0.1) is 0 Å². The second-order valence-electron chi connectivity index (χ2n) is 7.31. The maximum absolute atomic E-state index is 9.86.